The number of carbonyl (C=O) groups excluding carboxylic acids is 1. The number of rotatable bonds is 1. The molecule has 1 aliphatic carbocycles. The predicted octanol–water partition coefficient (Wildman–Crippen LogP) is 0.783. The first-order chi connectivity index (χ1) is 8.22. The molecular formula is C13H21NO3. The van der Waals surface area contributed by atoms with Crippen molar-refractivity contribution in [1.82, 2.24) is 4.90 Å². The summed E-state index contributed by atoms with van der Waals surface area (Å²) in [6.45, 7) is 1.13. The minimum absolute atomic E-state index is 0.0101. The van der Waals surface area contributed by atoms with Gasteiger partial charge in [-0.15, -0.1) is 0 Å². The van der Waals surface area contributed by atoms with E-state index < -0.39 is 0 Å². The smallest absolute Gasteiger partial charge is 0.308 e. The monoisotopic (exact) mass is 239 g/mol. The molecule has 3 rings (SSSR count). The highest BCUT2D eigenvalue weighted by atomic mass is 16.5. The third-order valence-electron chi connectivity index (χ3n) is 5.00. The Hall–Kier alpha value is -0.610. The molecule has 3 fully saturated rings. The molecule has 4 heteroatoms. The molecule has 0 aromatic carbocycles. The summed E-state index contributed by atoms with van der Waals surface area (Å²) in [4.78, 5) is 14.1. The van der Waals surface area contributed by atoms with E-state index >= 15 is 0 Å². The molecular weight excluding hydrogens is 218 g/mol. The molecule has 0 unspecified atom stereocenters. The Labute approximate surface area is 102 Å². The lowest BCUT2D eigenvalue weighted by atomic mass is 9.76. The molecule has 0 amide bonds. The van der Waals surface area contributed by atoms with Gasteiger partial charge in [0.2, 0.25) is 0 Å². The van der Waals surface area contributed by atoms with Crippen molar-refractivity contribution >= 4 is 5.97 Å². The van der Waals surface area contributed by atoms with Crippen LogP contribution in [-0.4, -0.2) is 47.8 Å². The van der Waals surface area contributed by atoms with E-state index in [0.29, 0.717) is 12.1 Å². The lowest BCUT2D eigenvalue weighted by molar-refractivity contribution is -0.147. The number of hydrogen-bond acceptors (Lipinski definition) is 4. The Balaban J connectivity index is 1.73. The zero-order valence-electron chi connectivity index (χ0n) is 10.3. The topological polar surface area (TPSA) is 49.8 Å². The second kappa shape index (κ2) is 4.25. The summed E-state index contributed by atoms with van der Waals surface area (Å²) in [7, 11) is 1.46. The van der Waals surface area contributed by atoms with Gasteiger partial charge < -0.3 is 9.84 Å². The highest BCUT2D eigenvalue weighted by Gasteiger charge is 2.52. The van der Waals surface area contributed by atoms with Gasteiger partial charge in [0.1, 0.15) is 0 Å². The van der Waals surface area contributed by atoms with Crippen LogP contribution in [0, 0.1) is 11.8 Å². The van der Waals surface area contributed by atoms with Crippen molar-refractivity contribution in [2.75, 3.05) is 13.7 Å². The van der Waals surface area contributed by atoms with Crippen LogP contribution in [0.25, 0.3) is 0 Å². The number of ether oxygens (including phenoxy) is 1. The van der Waals surface area contributed by atoms with Gasteiger partial charge in [-0.1, -0.05) is 0 Å². The van der Waals surface area contributed by atoms with Gasteiger partial charge in [0, 0.05) is 18.0 Å². The van der Waals surface area contributed by atoms with E-state index in [0.717, 1.165) is 32.2 Å². The largest absolute Gasteiger partial charge is 0.469 e. The molecule has 1 saturated carbocycles. The number of esters is 1. The van der Waals surface area contributed by atoms with Gasteiger partial charge in [0.15, 0.2) is 0 Å². The molecule has 3 aliphatic rings. The number of methoxy groups -OCH3 is 1. The van der Waals surface area contributed by atoms with Gasteiger partial charge in [-0.25, -0.2) is 0 Å². The van der Waals surface area contributed by atoms with Crippen LogP contribution >= 0.6 is 0 Å². The first-order valence-electron chi connectivity index (χ1n) is 6.74. The molecule has 2 heterocycles. The van der Waals surface area contributed by atoms with Crippen LogP contribution in [0.5, 0.6) is 0 Å². The molecule has 5 atom stereocenters. The van der Waals surface area contributed by atoms with Crippen molar-refractivity contribution in [3.05, 3.63) is 0 Å². The molecule has 1 N–H and O–H groups in total. The maximum Gasteiger partial charge on any atom is 0.308 e. The predicted molar refractivity (Wildman–Crippen MR) is 62.4 cm³/mol. The van der Waals surface area contributed by atoms with E-state index in [1.807, 2.05) is 0 Å². The van der Waals surface area contributed by atoms with Crippen molar-refractivity contribution in [2.45, 2.75) is 50.3 Å². The molecule has 0 aromatic heterocycles. The molecule has 2 saturated heterocycles. The summed E-state index contributed by atoms with van der Waals surface area (Å²) in [6, 6.07) is 0.875. The van der Waals surface area contributed by atoms with E-state index in [-0.39, 0.29) is 23.9 Å². The Morgan fingerprint density at radius 2 is 2.12 bits per heavy atom. The van der Waals surface area contributed by atoms with E-state index in [1.54, 1.807) is 0 Å². The average molecular weight is 239 g/mol. The Bertz CT molecular complexity index is 320. The fourth-order valence-electron chi connectivity index (χ4n) is 4.23. The minimum atomic E-state index is -0.227. The van der Waals surface area contributed by atoms with Gasteiger partial charge >= 0.3 is 5.97 Å². The highest BCUT2D eigenvalue weighted by molar-refractivity contribution is 5.72. The molecule has 0 radical (unpaired) electrons. The van der Waals surface area contributed by atoms with Gasteiger partial charge in [-0.3, -0.25) is 9.69 Å². The Morgan fingerprint density at radius 1 is 1.29 bits per heavy atom. The second-order valence-corrected chi connectivity index (χ2v) is 5.70. The summed E-state index contributed by atoms with van der Waals surface area (Å²) in [5, 5.41) is 10.4. The highest BCUT2D eigenvalue weighted by Crippen LogP contribution is 2.45. The number of carbonyl (C=O) groups is 1. The van der Waals surface area contributed by atoms with Crippen LogP contribution in [0.1, 0.15) is 32.1 Å². The number of aliphatic hydroxyl groups excluding tert-OH is 1. The van der Waals surface area contributed by atoms with Crippen molar-refractivity contribution in [3.63, 3.8) is 0 Å². The van der Waals surface area contributed by atoms with E-state index in [4.69, 9.17) is 4.74 Å². The Kier molecular flexibility index (Phi) is 2.87. The molecule has 4 nitrogen and oxygen atoms in total. The van der Waals surface area contributed by atoms with E-state index in [9.17, 15) is 9.90 Å². The first-order valence-corrected chi connectivity index (χ1v) is 6.74. The Morgan fingerprint density at radius 3 is 2.88 bits per heavy atom. The zero-order valence-corrected chi connectivity index (χ0v) is 10.3. The van der Waals surface area contributed by atoms with Gasteiger partial charge in [-0.2, -0.15) is 0 Å². The third-order valence-corrected chi connectivity index (χ3v) is 5.00. The van der Waals surface area contributed by atoms with Crippen LogP contribution in [-0.2, 0) is 9.53 Å². The van der Waals surface area contributed by atoms with Crippen LogP contribution in [0.4, 0.5) is 0 Å². The third kappa shape index (κ3) is 1.69. The number of fused-ring (bicyclic) bond motifs is 3. The van der Waals surface area contributed by atoms with Crippen molar-refractivity contribution in [1.29, 1.82) is 0 Å². The SMILES string of the molecule is COC(=O)[C@H]1CC[C@H]2[C@@H](C1)[C@@H](O)[C@@H]1CCCN12. The summed E-state index contributed by atoms with van der Waals surface area (Å²) in [5.41, 5.74) is 0. The van der Waals surface area contributed by atoms with Crippen LogP contribution < -0.4 is 0 Å². The van der Waals surface area contributed by atoms with Crippen molar-refractivity contribution < 1.29 is 14.6 Å². The average Bonchev–Trinajstić information content (AvgIpc) is 2.92. The van der Waals surface area contributed by atoms with Gasteiger partial charge in [-0.05, 0) is 38.6 Å². The van der Waals surface area contributed by atoms with E-state index in [2.05, 4.69) is 4.90 Å². The van der Waals surface area contributed by atoms with Crippen LogP contribution in [0.3, 0.4) is 0 Å². The van der Waals surface area contributed by atoms with Gasteiger partial charge in [0.05, 0.1) is 19.1 Å². The normalized spacial score (nSPS) is 45.4. The first kappa shape index (κ1) is 11.5. The number of hydrogen-bond donors (Lipinski definition) is 1. The summed E-state index contributed by atoms with van der Waals surface area (Å²) in [6.07, 6.45) is 4.88. The number of aliphatic hydroxyl groups is 1. The lowest BCUT2D eigenvalue weighted by Gasteiger charge is -2.34. The zero-order chi connectivity index (χ0) is 12.0. The number of nitrogens with zero attached hydrogens (tertiary/aromatic N) is 1. The second-order valence-electron chi connectivity index (χ2n) is 5.70. The summed E-state index contributed by atoms with van der Waals surface area (Å²) in [5.74, 6) is 0.205. The maximum absolute atomic E-state index is 11.6. The molecule has 0 aromatic rings. The quantitative estimate of drug-likeness (QED) is 0.687. The van der Waals surface area contributed by atoms with Crippen LogP contribution in [0.2, 0.25) is 0 Å². The maximum atomic E-state index is 11.6. The van der Waals surface area contributed by atoms with E-state index in [1.165, 1.54) is 13.5 Å². The standard InChI is InChI=1S/C13H21NO3/c1-17-13(16)8-4-5-10-9(7-8)12(15)11-3-2-6-14(10)11/h8-12,15H,2-7H2,1H3/t8-,9+,10-,11-,12+/m0/s1. The van der Waals surface area contributed by atoms with Crippen molar-refractivity contribution in [2.24, 2.45) is 11.8 Å². The summed E-state index contributed by atoms with van der Waals surface area (Å²) < 4.78 is 4.83. The molecule has 17 heavy (non-hydrogen) atoms. The van der Waals surface area contributed by atoms with Crippen molar-refractivity contribution in [3.8, 4) is 0 Å². The molecule has 0 spiro atoms. The fourth-order valence-corrected chi connectivity index (χ4v) is 4.23. The van der Waals surface area contributed by atoms with Crippen LogP contribution in [0.15, 0.2) is 0 Å². The lowest BCUT2D eigenvalue weighted by Crippen LogP contribution is -2.39. The minimum Gasteiger partial charge on any atom is -0.469 e. The molecule has 2 aliphatic heterocycles. The van der Waals surface area contributed by atoms with Gasteiger partial charge in [0.25, 0.3) is 0 Å². The molecule has 96 valence electrons. The summed E-state index contributed by atoms with van der Waals surface area (Å²) >= 11 is 0. The fraction of sp³-hybridized carbons (Fsp3) is 0.923. The molecule has 0 bridgehead atoms.